The number of hydrogen-bond acceptors (Lipinski definition) is 3. The molecule has 0 spiro atoms. The van der Waals surface area contributed by atoms with E-state index in [-0.39, 0.29) is 18.5 Å². The molecule has 0 radical (unpaired) electrons. The number of rotatable bonds is 4. The lowest BCUT2D eigenvalue weighted by Crippen LogP contribution is -2.50. The van der Waals surface area contributed by atoms with Gasteiger partial charge >= 0.3 is 0 Å². The Morgan fingerprint density at radius 1 is 1.16 bits per heavy atom. The summed E-state index contributed by atoms with van der Waals surface area (Å²) < 4.78 is 28.2. The number of piperidine rings is 1. The summed E-state index contributed by atoms with van der Waals surface area (Å²) in [5.74, 6) is -0.120. The summed E-state index contributed by atoms with van der Waals surface area (Å²) >= 11 is 0. The van der Waals surface area contributed by atoms with Crippen molar-refractivity contribution in [1.29, 1.82) is 0 Å². The van der Waals surface area contributed by atoms with E-state index in [2.05, 4.69) is 4.72 Å². The van der Waals surface area contributed by atoms with Gasteiger partial charge in [0.2, 0.25) is 5.91 Å². The van der Waals surface area contributed by atoms with Crippen molar-refractivity contribution in [3.8, 4) is 0 Å². The molecule has 0 aliphatic carbocycles. The van der Waals surface area contributed by atoms with E-state index in [1.54, 1.807) is 4.90 Å². The van der Waals surface area contributed by atoms with Crippen LogP contribution < -0.4 is 4.72 Å². The number of likely N-dealkylation sites (tertiary alicyclic amines) is 1. The van der Waals surface area contributed by atoms with Gasteiger partial charge in [-0.1, -0.05) is 6.42 Å². The van der Waals surface area contributed by atoms with Crippen LogP contribution in [0.1, 0.15) is 39.0 Å². The number of nitrogens with zero attached hydrogens (tertiary/aromatic N) is 2. The molecule has 0 saturated carbocycles. The van der Waals surface area contributed by atoms with E-state index in [4.69, 9.17) is 0 Å². The van der Waals surface area contributed by atoms with Crippen molar-refractivity contribution < 1.29 is 13.2 Å². The lowest BCUT2D eigenvalue weighted by molar-refractivity contribution is -0.128. The van der Waals surface area contributed by atoms with Gasteiger partial charge in [0.05, 0.1) is 6.54 Å². The van der Waals surface area contributed by atoms with E-state index in [1.165, 1.54) is 4.31 Å². The number of nitrogens with one attached hydrogen (secondary N) is 1. The quantitative estimate of drug-likeness (QED) is 0.810. The molecule has 2 heterocycles. The molecule has 0 aromatic rings. The van der Waals surface area contributed by atoms with Gasteiger partial charge in [0.15, 0.2) is 0 Å². The summed E-state index contributed by atoms with van der Waals surface area (Å²) in [5.41, 5.74) is 0. The highest BCUT2D eigenvalue weighted by atomic mass is 32.2. The van der Waals surface area contributed by atoms with Crippen LogP contribution in [0.4, 0.5) is 0 Å². The number of carbonyl (C=O) groups excluding carboxylic acids is 1. The molecule has 2 aliphatic heterocycles. The van der Waals surface area contributed by atoms with Crippen molar-refractivity contribution in [2.45, 2.75) is 45.1 Å². The normalized spacial score (nSPS) is 25.7. The van der Waals surface area contributed by atoms with Gasteiger partial charge in [-0.05, 0) is 32.6 Å². The first kappa shape index (κ1) is 14.7. The second-order valence-corrected chi connectivity index (χ2v) is 7.08. The molecular weight excluding hydrogens is 266 g/mol. The van der Waals surface area contributed by atoms with Crippen LogP contribution in [0.15, 0.2) is 0 Å². The third-order valence-corrected chi connectivity index (χ3v) is 5.58. The molecule has 1 N–H and O–H groups in total. The fourth-order valence-corrected chi connectivity index (χ4v) is 4.16. The highest BCUT2D eigenvalue weighted by Gasteiger charge is 2.30. The SMILES string of the molecule is C[C@@H]1CCCCN1S(=O)(=O)NCC(=O)N1CCCC1. The molecule has 2 rings (SSSR count). The van der Waals surface area contributed by atoms with Crippen molar-refractivity contribution >= 4 is 16.1 Å². The van der Waals surface area contributed by atoms with Crippen LogP contribution in [-0.2, 0) is 15.0 Å². The Bertz CT molecular complexity index is 418. The Morgan fingerprint density at radius 3 is 2.42 bits per heavy atom. The lowest BCUT2D eigenvalue weighted by atomic mass is 10.1. The largest absolute Gasteiger partial charge is 0.342 e. The molecule has 19 heavy (non-hydrogen) atoms. The third-order valence-electron chi connectivity index (χ3n) is 3.92. The Labute approximate surface area is 115 Å². The van der Waals surface area contributed by atoms with E-state index in [0.717, 1.165) is 45.2 Å². The van der Waals surface area contributed by atoms with E-state index in [0.29, 0.717) is 6.54 Å². The Kier molecular flexibility index (Phi) is 4.81. The molecule has 110 valence electrons. The molecule has 1 atom stereocenters. The molecule has 0 bridgehead atoms. The Morgan fingerprint density at radius 2 is 1.79 bits per heavy atom. The molecule has 2 saturated heterocycles. The summed E-state index contributed by atoms with van der Waals surface area (Å²) in [4.78, 5) is 13.6. The zero-order valence-electron chi connectivity index (χ0n) is 11.5. The highest BCUT2D eigenvalue weighted by molar-refractivity contribution is 7.87. The van der Waals surface area contributed by atoms with Gasteiger partial charge < -0.3 is 4.90 Å². The monoisotopic (exact) mass is 289 g/mol. The topological polar surface area (TPSA) is 69.7 Å². The average Bonchev–Trinajstić information content (AvgIpc) is 2.90. The fraction of sp³-hybridized carbons (Fsp3) is 0.917. The van der Waals surface area contributed by atoms with Crippen molar-refractivity contribution in [3.05, 3.63) is 0 Å². The van der Waals surface area contributed by atoms with Gasteiger partial charge in [0.25, 0.3) is 10.2 Å². The van der Waals surface area contributed by atoms with Gasteiger partial charge in [-0.3, -0.25) is 4.79 Å². The summed E-state index contributed by atoms with van der Waals surface area (Å²) in [6, 6.07) is 0.0214. The molecule has 0 aromatic carbocycles. The van der Waals surface area contributed by atoms with Gasteiger partial charge in [-0.15, -0.1) is 0 Å². The lowest BCUT2D eigenvalue weighted by Gasteiger charge is -2.32. The Hall–Kier alpha value is -0.660. The summed E-state index contributed by atoms with van der Waals surface area (Å²) in [7, 11) is -3.52. The Balaban J connectivity index is 1.88. The second kappa shape index (κ2) is 6.19. The predicted molar refractivity (Wildman–Crippen MR) is 72.8 cm³/mol. The molecule has 1 amide bonds. The molecule has 2 fully saturated rings. The van der Waals surface area contributed by atoms with Crippen molar-refractivity contribution in [1.82, 2.24) is 13.9 Å². The third kappa shape index (κ3) is 3.67. The van der Waals surface area contributed by atoms with Crippen LogP contribution in [0.5, 0.6) is 0 Å². The van der Waals surface area contributed by atoms with Crippen LogP contribution in [0.2, 0.25) is 0 Å². The van der Waals surface area contributed by atoms with Gasteiger partial charge in [-0.2, -0.15) is 17.4 Å². The van der Waals surface area contributed by atoms with Crippen LogP contribution in [0, 0.1) is 0 Å². The first-order chi connectivity index (χ1) is 9.00. The minimum absolute atomic E-state index is 0.0214. The summed E-state index contributed by atoms with van der Waals surface area (Å²) in [5, 5.41) is 0. The van der Waals surface area contributed by atoms with Crippen LogP contribution in [-0.4, -0.2) is 55.8 Å². The maximum absolute atomic E-state index is 12.2. The molecular formula is C12H23N3O3S. The first-order valence-electron chi connectivity index (χ1n) is 7.05. The number of amides is 1. The molecule has 0 aromatic heterocycles. The van der Waals surface area contributed by atoms with E-state index in [1.807, 2.05) is 6.92 Å². The van der Waals surface area contributed by atoms with Gasteiger partial charge in [0, 0.05) is 25.7 Å². The summed E-state index contributed by atoms with van der Waals surface area (Å²) in [6.45, 7) is 3.85. The van der Waals surface area contributed by atoms with E-state index in [9.17, 15) is 13.2 Å². The van der Waals surface area contributed by atoms with Crippen molar-refractivity contribution in [2.75, 3.05) is 26.2 Å². The second-order valence-electron chi connectivity index (χ2n) is 5.37. The first-order valence-corrected chi connectivity index (χ1v) is 8.49. The maximum Gasteiger partial charge on any atom is 0.280 e. The minimum atomic E-state index is -3.52. The smallest absolute Gasteiger partial charge is 0.280 e. The van der Waals surface area contributed by atoms with Gasteiger partial charge in [-0.25, -0.2) is 0 Å². The van der Waals surface area contributed by atoms with Crippen molar-refractivity contribution in [2.24, 2.45) is 0 Å². The van der Waals surface area contributed by atoms with Gasteiger partial charge in [0.1, 0.15) is 0 Å². The molecule has 0 unspecified atom stereocenters. The van der Waals surface area contributed by atoms with Crippen molar-refractivity contribution in [3.63, 3.8) is 0 Å². The van der Waals surface area contributed by atoms with E-state index < -0.39 is 10.2 Å². The predicted octanol–water partition coefficient (Wildman–Crippen LogP) is 0.318. The van der Waals surface area contributed by atoms with Crippen LogP contribution in [0.3, 0.4) is 0 Å². The number of carbonyl (C=O) groups is 1. The average molecular weight is 289 g/mol. The number of hydrogen-bond donors (Lipinski definition) is 1. The molecule has 6 nitrogen and oxygen atoms in total. The zero-order chi connectivity index (χ0) is 13.9. The standard InChI is InChI=1S/C12H23N3O3S/c1-11-6-2-3-9-15(11)19(17,18)13-10-12(16)14-7-4-5-8-14/h11,13H,2-10H2,1H3/t11-/m1/s1. The van der Waals surface area contributed by atoms with Crippen LogP contribution >= 0.6 is 0 Å². The zero-order valence-corrected chi connectivity index (χ0v) is 12.3. The van der Waals surface area contributed by atoms with E-state index >= 15 is 0 Å². The molecule has 7 heteroatoms. The molecule has 2 aliphatic rings. The van der Waals surface area contributed by atoms with Crippen LogP contribution in [0.25, 0.3) is 0 Å². The fourth-order valence-electron chi connectivity index (χ4n) is 2.74. The maximum atomic E-state index is 12.2. The summed E-state index contributed by atoms with van der Waals surface area (Å²) in [6.07, 6.45) is 4.88. The minimum Gasteiger partial charge on any atom is -0.342 e. The highest BCUT2D eigenvalue weighted by Crippen LogP contribution is 2.19.